The predicted octanol–water partition coefficient (Wildman–Crippen LogP) is 4.68. The summed E-state index contributed by atoms with van der Waals surface area (Å²) in [6.45, 7) is 7.07. The Balaban J connectivity index is 1.76. The van der Waals surface area contributed by atoms with Crippen molar-refractivity contribution >= 4 is 29.1 Å². The summed E-state index contributed by atoms with van der Waals surface area (Å²) in [5.74, 6) is 0.522. The molecule has 0 bridgehead atoms. The molecule has 2 fully saturated rings. The number of carbonyl (C=O) groups is 1. The van der Waals surface area contributed by atoms with Crippen LogP contribution in [-0.4, -0.2) is 30.4 Å². The van der Waals surface area contributed by atoms with Gasteiger partial charge in [-0.05, 0) is 68.8 Å². The first kappa shape index (κ1) is 18.0. The molecule has 2 atom stereocenters. The summed E-state index contributed by atoms with van der Waals surface area (Å²) in [5.41, 5.74) is 1.32. The molecule has 3 nitrogen and oxygen atoms in total. The van der Waals surface area contributed by atoms with Crippen molar-refractivity contribution in [2.45, 2.75) is 45.6 Å². The molecule has 132 valence electrons. The summed E-state index contributed by atoms with van der Waals surface area (Å²) in [6, 6.07) is 5.70. The maximum atomic E-state index is 13.2. The van der Waals surface area contributed by atoms with Gasteiger partial charge in [-0.25, -0.2) is 0 Å². The fourth-order valence-electron chi connectivity index (χ4n) is 4.06. The molecule has 1 aliphatic carbocycles. The highest BCUT2D eigenvalue weighted by Crippen LogP contribution is 2.59. The molecule has 2 unspecified atom stereocenters. The van der Waals surface area contributed by atoms with E-state index in [-0.39, 0.29) is 17.4 Å². The predicted molar refractivity (Wildman–Crippen MR) is 99.5 cm³/mol. The van der Waals surface area contributed by atoms with Crippen molar-refractivity contribution in [2.24, 2.45) is 11.3 Å². The first-order valence-electron chi connectivity index (χ1n) is 8.94. The van der Waals surface area contributed by atoms with E-state index in [9.17, 15) is 4.79 Å². The van der Waals surface area contributed by atoms with Gasteiger partial charge in [0.2, 0.25) is 5.91 Å². The number of halogens is 2. The quantitative estimate of drug-likeness (QED) is 0.817. The number of amides is 1. The lowest BCUT2D eigenvalue weighted by Gasteiger charge is -2.31. The van der Waals surface area contributed by atoms with Gasteiger partial charge in [0.1, 0.15) is 0 Å². The average molecular weight is 369 g/mol. The highest BCUT2D eigenvalue weighted by Gasteiger charge is 2.58. The summed E-state index contributed by atoms with van der Waals surface area (Å²) < 4.78 is 0. The second-order valence-electron chi connectivity index (χ2n) is 7.25. The molecule has 1 aliphatic heterocycles. The van der Waals surface area contributed by atoms with E-state index < -0.39 is 0 Å². The van der Waals surface area contributed by atoms with Crippen LogP contribution in [0.3, 0.4) is 0 Å². The Bertz CT molecular complexity index is 613. The molecule has 1 heterocycles. The molecule has 0 radical (unpaired) electrons. The molecule has 1 spiro atoms. The molecule has 2 aliphatic rings. The number of hydrogen-bond acceptors (Lipinski definition) is 2. The van der Waals surface area contributed by atoms with Gasteiger partial charge in [-0.1, -0.05) is 36.2 Å². The summed E-state index contributed by atoms with van der Waals surface area (Å²) in [5, 5.41) is 4.50. The maximum Gasteiger partial charge on any atom is 0.226 e. The van der Waals surface area contributed by atoms with E-state index in [2.05, 4.69) is 19.2 Å². The molecular weight excluding hydrogens is 343 g/mol. The van der Waals surface area contributed by atoms with Crippen LogP contribution in [0.4, 0.5) is 0 Å². The Hall–Kier alpha value is -0.770. The van der Waals surface area contributed by atoms with E-state index >= 15 is 0 Å². The van der Waals surface area contributed by atoms with Gasteiger partial charge in [-0.3, -0.25) is 4.79 Å². The van der Waals surface area contributed by atoms with Crippen LogP contribution >= 0.6 is 23.2 Å². The van der Waals surface area contributed by atoms with E-state index in [1.54, 1.807) is 0 Å². The topological polar surface area (TPSA) is 32.3 Å². The Kier molecular flexibility index (Phi) is 5.43. The molecule has 1 amide bonds. The lowest BCUT2D eigenvalue weighted by Crippen LogP contribution is -2.38. The lowest BCUT2D eigenvalue weighted by molar-refractivity contribution is -0.135. The number of benzene rings is 1. The Morgan fingerprint density at radius 2 is 2.04 bits per heavy atom. The molecule has 1 aromatic carbocycles. The zero-order valence-electron chi connectivity index (χ0n) is 14.4. The zero-order valence-corrected chi connectivity index (χ0v) is 16.0. The number of piperidine rings is 1. The van der Waals surface area contributed by atoms with Crippen molar-refractivity contribution in [3.63, 3.8) is 0 Å². The van der Waals surface area contributed by atoms with Gasteiger partial charge in [0.25, 0.3) is 0 Å². The van der Waals surface area contributed by atoms with Gasteiger partial charge in [0, 0.05) is 12.5 Å². The van der Waals surface area contributed by atoms with Gasteiger partial charge in [-0.15, -0.1) is 0 Å². The number of rotatable bonds is 5. The van der Waals surface area contributed by atoms with E-state index in [0.717, 1.165) is 50.9 Å². The van der Waals surface area contributed by atoms with Gasteiger partial charge < -0.3 is 10.2 Å². The molecule has 24 heavy (non-hydrogen) atoms. The molecule has 1 aromatic rings. The van der Waals surface area contributed by atoms with Crippen molar-refractivity contribution in [1.29, 1.82) is 0 Å². The lowest BCUT2D eigenvalue weighted by atomic mass is 9.91. The molecular formula is C19H26Cl2N2O. The highest BCUT2D eigenvalue weighted by atomic mass is 35.5. The first-order chi connectivity index (χ1) is 11.5. The van der Waals surface area contributed by atoms with Crippen LogP contribution in [0.15, 0.2) is 18.2 Å². The minimum Gasteiger partial charge on any atom is -0.336 e. The summed E-state index contributed by atoms with van der Waals surface area (Å²) in [7, 11) is 0. The van der Waals surface area contributed by atoms with Crippen molar-refractivity contribution < 1.29 is 4.79 Å². The number of carbonyl (C=O) groups excluding carboxylic acids is 1. The van der Waals surface area contributed by atoms with Gasteiger partial charge in [0.15, 0.2) is 0 Å². The van der Waals surface area contributed by atoms with E-state index in [1.807, 2.05) is 23.1 Å². The number of nitrogens with zero attached hydrogens (tertiary/aromatic N) is 1. The van der Waals surface area contributed by atoms with Crippen molar-refractivity contribution in [3.05, 3.63) is 33.8 Å². The van der Waals surface area contributed by atoms with Crippen LogP contribution in [0.2, 0.25) is 10.0 Å². The fraction of sp³-hybridized carbons (Fsp3) is 0.632. The van der Waals surface area contributed by atoms with Gasteiger partial charge in [-0.2, -0.15) is 0 Å². The average Bonchev–Trinajstić information content (AvgIpc) is 3.27. The van der Waals surface area contributed by atoms with Crippen LogP contribution in [0.5, 0.6) is 0 Å². The SMILES string of the molecule is CCCN(C(=O)C1CC12CCNCC2)C(C)c1ccc(Cl)c(Cl)c1. The zero-order chi connectivity index (χ0) is 17.3. The van der Waals surface area contributed by atoms with Crippen molar-refractivity contribution in [2.75, 3.05) is 19.6 Å². The van der Waals surface area contributed by atoms with Crippen LogP contribution in [0.1, 0.15) is 51.1 Å². The summed E-state index contributed by atoms with van der Waals surface area (Å²) >= 11 is 12.2. The summed E-state index contributed by atoms with van der Waals surface area (Å²) in [4.78, 5) is 15.2. The highest BCUT2D eigenvalue weighted by molar-refractivity contribution is 6.42. The van der Waals surface area contributed by atoms with Gasteiger partial charge in [0.05, 0.1) is 16.1 Å². The molecule has 0 aromatic heterocycles. The molecule has 3 rings (SSSR count). The first-order valence-corrected chi connectivity index (χ1v) is 9.70. The number of hydrogen-bond donors (Lipinski definition) is 1. The van der Waals surface area contributed by atoms with Crippen LogP contribution < -0.4 is 5.32 Å². The van der Waals surface area contributed by atoms with E-state index in [1.165, 1.54) is 0 Å². The van der Waals surface area contributed by atoms with Gasteiger partial charge >= 0.3 is 0 Å². The van der Waals surface area contributed by atoms with Crippen molar-refractivity contribution in [1.82, 2.24) is 10.2 Å². The molecule has 1 N–H and O–H groups in total. The molecule has 5 heteroatoms. The fourth-order valence-corrected chi connectivity index (χ4v) is 4.37. The normalized spacial score (nSPS) is 23.1. The van der Waals surface area contributed by atoms with Crippen LogP contribution in [0.25, 0.3) is 0 Å². The minimum atomic E-state index is 0.0200. The largest absolute Gasteiger partial charge is 0.336 e. The summed E-state index contributed by atoms with van der Waals surface area (Å²) in [6.07, 6.45) is 4.27. The maximum absolute atomic E-state index is 13.2. The van der Waals surface area contributed by atoms with E-state index in [0.29, 0.717) is 16.0 Å². The second kappa shape index (κ2) is 7.23. The Morgan fingerprint density at radius 3 is 2.67 bits per heavy atom. The molecule has 1 saturated heterocycles. The Labute approximate surface area is 154 Å². The third kappa shape index (κ3) is 3.44. The van der Waals surface area contributed by atoms with Crippen LogP contribution in [-0.2, 0) is 4.79 Å². The Morgan fingerprint density at radius 1 is 1.33 bits per heavy atom. The van der Waals surface area contributed by atoms with Crippen molar-refractivity contribution in [3.8, 4) is 0 Å². The minimum absolute atomic E-state index is 0.0200. The van der Waals surface area contributed by atoms with E-state index in [4.69, 9.17) is 23.2 Å². The van der Waals surface area contributed by atoms with Crippen LogP contribution in [0, 0.1) is 11.3 Å². The smallest absolute Gasteiger partial charge is 0.226 e. The standard InChI is InChI=1S/C19H26Cl2N2O/c1-3-10-23(13(2)14-4-5-16(20)17(21)11-14)18(24)15-12-19(15)6-8-22-9-7-19/h4-5,11,13,15,22H,3,6-10,12H2,1-2H3. The third-order valence-electron chi connectivity index (χ3n) is 5.73. The second-order valence-corrected chi connectivity index (χ2v) is 8.06. The third-order valence-corrected chi connectivity index (χ3v) is 6.47. The monoisotopic (exact) mass is 368 g/mol. The number of nitrogens with one attached hydrogen (secondary N) is 1. The molecule has 1 saturated carbocycles.